The van der Waals surface area contributed by atoms with Gasteiger partial charge in [-0.3, -0.25) is 4.98 Å². The number of benzene rings is 2. The predicted molar refractivity (Wildman–Crippen MR) is 97.7 cm³/mol. The van der Waals surface area contributed by atoms with Gasteiger partial charge in [0.05, 0.1) is 5.69 Å². The minimum Gasteiger partial charge on any atom is -0.458 e. The molecule has 0 saturated heterocycles. The molecule has 0 aliphatic heterocycles. The normalized spacial score (nSPS) is 10.5. The third-order valence-electron chi connectivity index (χ3n) is 3.73. The highest BCUT2D eigenvalue weighted by Crippen LogP contribution is 2.25. The van der Waals surface area contributed by atoms with E-state index in [1.165, 1.54) is 0 Å². The number of pyridine rings is 1. The zero-order chi connectivity index (χ0) is 17.6. The van der Waals surface area contributed by atoms with Gasteiger partial charge in [0, 0.05) is 11.8 Å². The molecular weight excluding hydrogens is 328 g/mol. The van der Waals surface area contributed by atoms with Gasteiger partial charge in [-0.1, -0.05) is 24.3 Å². The molecule has 0 fully saturated rings. The number of oxazole rings is 1. The molecule has 0 aliphatic rings. The monoisotopic (exact) mass is 344 g/mol. The predicted octanol–water partition coefficient (Wildman–Crippen LogP) is 4.82. The van der Waals surface area contributed by atoms with Crippen molar-refractivity contribution in [1.29, 1.82) is 0 Å². The van der Waals surface area contributed by atoms with Crippen molar-refractivity contribution in [2.45, 2.75) is 0 Å². The van der Waals surface area contributed by atoms with Gasteiger partial charge in [0.15, 0.2) is 0 Å². The maximum Gasteiger partial charge on any atom is 0.230 e. The summed E-state index contributed by atoms with van der Waals surface area (Å²) in [6.45, 7) is 0.145. The molecule has 0 N–H and O–H groups in total. The summed E-state index contributed by atoms with van der Waals surface area (Å²) in [6.07, 6.45) is 3.34. The van der Waals surface area contributed by atoms with Crippen molar-refractivity contribution in [1.82, 2.24) is 9.97 Å². The van der Waals surface area contributed by atoms with Crippen molar-refractivity contribution in [3.8, 4) is 34.3 Å². The Balaban J connectivity index is 1.39. The number of hydrogen-bond donors (Lipinski definition) is 0. The van der Waals surface area contributed by atoms with Crippen LogP contribution in [-0.2, 0) is 0 Å². The highest BCUT2D eigenvalue weighted by molar-refractivity contribution is 5.60. The quantitative estimate of drug-likeness (QED) is 0.469. The number of aromatic nitrogens is 2. The molecule has 0 spiro atoms. The Morgan fingerprint density at radius 3 is 2.19 bits per heavy atom. The number of hydrogen-bond acceptors (Lipinski definition) is 5. The van der Waals surface area contributed by atoms with Crippen molar-refractivity contribution in [3.05, 3.63) is 85.3 Å². The molecule has 4 aromatic rings. The molecule has 0 atom stereocenters. The molecule has 0 saturated carbocycles. The summed E-state index contributed by atoms with van der Waals surface area (Å²) >= 11 is 0. The van der Waals surface area contributed by atoms with E-state index in [1.807, 2.05) is 72.8 Å². The number of ether oxygens (including phenoxy) is 2. The Bertz CT molecular complexity index is 951. The van der Waals surface area contributed by atoms with Gasteiger partial charge in [-0.15, -0.1) is 0 Å². The summed E-state index contributed by atoms with van der Waals surface area (Å²) in [7, 11) is 0. The van der Waals surface area contributed by atoms with Crippen LogP contribution in [0, 0.1) is 0 Å². The third-order valence-corrected chi connectivity index (χ3v) is 3.73. The molecule has 2 heterocycles. The zero-order valence-electron chi connectivity index (χ0n) is 13.9. The van der Waals surface area contributed by atoms with Crippen molar-refractivity contribution in [3.63, 3.8) is 0 Å². The van der Waals surface area contributed by atoms with Crippen LogP contribution in [0.1, 0.15) is 0 Å². The highest BCUT2D eigenvalue weighted by Gasteiger charge is 2.09. The molecule has 0 aliphatic carbocycles. The molecule has 2 aromatic carbocycles. The first kappa shape index (κ1) is 15.9. The summed E-state index contributed by atoms with van der Waals surface area (Å²) < 4.78 is 16.7. The van der Waals surface area contributed by atoms with E-state index in [0.29, 0.717) is 17.3 Å². The molecule has 4 rings (SSSR count). The van der Waals surface area contributed by atoms with E-state index < -0.39 is 0 Å². The van der Waals surface area contributed by atoms with Crippen LogP contribution in [-0.4, -0.2) is 16.8 Å². The fraction of sp³-hybridized carbons (Fsp3) is 0.0476. The highest BCUT2D eigenvalue weighted by atomic mass is 16.7. The van der Waals surface area contributed by atoms with Crippen LogP contribution in [0.25, 0.3) is 22.8 Å². The van der Waals surface area contributed by atoms with E-state index in [2.05, 4.69) is 9.97 Å². The average molecular weight is 344 g/mol. The first-order chi connectivity index (χ1) is 12.9. The minimum atomic E-state index is 0.145. The van der Waals surface area contributed by atoms with Crippen molar-refractivity contribution in [2.75, 3.05) is 6.79 Å². The van der Waals surface area contributed by atoms with Crippen LogP contribution in [0.2, 0.25) is 0 Å². The second-order valence-corrected chi connectivity index (χ2v) is 5.50. The van der Waals surface area contributed by atoms with Gasteiger partial charge < -0.3 is 13.9 Å². The fourth-order valence-corrected chi connectivity index (χ4v) is 2.41. The van der Waals surface area contributed by atoms with Crippen molar-refractivity contribution in [2.24, 2.45) is 0 Å². The number of rotatable bonds is 6. The van der Waals surface area contributed by atoms with Gasteiger partial charge in [0.25, 0.3) is 0 Å². The maximum absolute atomic E-state index is 5.59. The van der Waals surface area contributed by atoms with Gasteiger partial charge >= 0.3 is 0 Å². The summed E-state index contributed by atoms with van der Waals surface area (Å²) in [5.74, 6) is 2.02. The molecule has 0 amide bonds. The average Bonchev–Trinajstić information content (AvgIpc) is 3.20. The summed E-state index contributed by atoms with van der Waals surface area (Å²) in [5, 5.41) is 0. The lowest BCUT2D eigenvalue weighted by atomic mass is 10.2. The van der Waals surface area contributed by atoms with E-state index >= 15 is 0 Å². The Hall–Kier alpha value is -3.60. The number of nitrogens with zero attached hydrogens (tertiary/aromatic N) is 2. The van der Waals surface area contributed by atoms with E-state index in [9.17, 15) is 0 Å². The van der Waals surface area contributed by atoms with Gasteiger partial charge in [0.2, 0.25) is 12.7 Å². The third kappa shape index (κ3) is 3.72. The lowest BCUT2D eigenvalue weighted by Crippen LogP contribution is -2.05. The minimum absolute atomic E-state index is 0.145. The molecule has 5 heteroatoms. The van der Waals surface area contributed by atoms with E-state index in [0.717, 1.165) is 17.0 Å². The smallest absolute Gasteiger partial charge is 0.230 e. The summed E-state index contributed by atoms with van der Waals surface area (Å²) in [5.41, 5.74) is 2.35. The van der Waals surface area contributed by atoms with Crippen LogP contribution in [0.15, 0.2) is 89.7 Å². The second kappa shape index (κ2) is 7.53. The van der Waals surface area contributed by atoms with E-state index in [1.54, 1.807) is 12.5 Å². The number of para-hydroxylation sites is 1. The van der Waals surface area contributed by atoms with Crippen LogP contribution in [0.3, 0.4) is 0 Å². The lowest BCUT2D eigenvalue weighted by Gasteiger charge is -2.08. The molecule has 26 heavy (non-hydrogen) atoms. The molecular formula is C21H16N2O3. The largest absolute Gasteiger partial charge is 0.458 e. The van der Waals surface area contributed by atoms with E-state index in [4.69, 9.17) is 13.9 Å². The first-order valence-corrected chi connectivity index (χ1v) is 8.16. The van der Waals surface area contributed by atoms with Gasteiger partial charge in [-0.2, -0.15) is 0 Å². The Labute approximate surface area is 150 Å². The summed E-state index contributed by atoms with van der Waals surface area (Å²) in [4.78, 5) is 8.76. The standard InChI is InChI=1S/C21H16N2O3/c1-2-6-17(7-3-1)25-15-26-18-11-9-16(10-12-18)21-23-20(14-24-21)19-8-4-5-13-22-19/h1-14H,15H2. The zero-order valence-corrected chi connectivity index (χ0v) is 13.9. The molecule has 5 nitrogen and oxygen atoms in total. The van der Waals surface area contributed by atoms with Crippen LogP contribution in [0.5, 0.6) is 11.5 Å². The molecule has 0 unspecified atom stereocenters. The second-order valence-electron chi connectivity index (χ2n) is 5.50. The van der Waals surface area contributed by atoms with Crippen LogP contribution in [0.4, 0.5) is 0 Å². The Kier molecular flexibility index (Phi) is 4.60. The van der Waals surface area contributed by atoms with Crippen molar-refractivity contribution < 1.29 is 13.9 Å². The van der Waals surface area contributed by atoms with Gasteiger partial charge in [-0.25, -0.2) is 4.98 Å². The van der Waals surface area contributed by atoms with Gasteiger partial charge in [0.1, 0.15) is 23.5 Å². The van der Waals surface area contributed by atoms with Gasteiger partial charge in [-0.05, 0) is 48.5 Å². The Morgan fingerprint density at radius 1 is 0.731 bits per heavy atom. The Morgan fingerprint density at radius 2 is 1.46 bits per heavy atom. The topological polar surface area (TPSA) is 57.4 Å². The first-order valence-electron chi connectivity index (χ1n) is 8.16. The molecule has 128 valence electrons. The van der Waals surface area contributed by atoms with Crippen LogP contribution < -0.4 is 9.47 Å². The van der Waals surface area contributed by atoms with Crippen LogP contribution >= 0.6 is 0 Å². The fourth-order valence-electron chi connectivity index (χ4n) is 2.41. The van der Waals surface area contributed by atoms with E-state index in [-0.39, 0.29) is 6.79 Å². The lowest BCUT2D eigenvalue weighted by molar-refractivity contribution is 0.120. The molecule has 0 radical (unpaired) electrons. The van der Waals surface area contributed by atoms with Crippen molar-refractivity contribution >= 4 is 0 Å². The SMILES string of the molecule is c1ccc(OCOc2ccc(-c3nc(-c4ccccn4)co3)cc2)cc1. The summed E-state index contributed by atoms with van der Waals surface area (Å²) in [6, 6.07) is 22.7. The maximum atomic E-state index is 5.59. The molecule has 0 bridgehead atoms. The molecule has 2 aromatic heterocycles.